The van der Waals surface area contributed by atoms with E-state index in [1.807, 2.05) is 7.05 Å². The lowest BCUT2D eigenvalue weighted by Gasteiger charge is -2.16. The minimum atomic E-state index is 0.269. The van der Waals surface area contributed by atoms with Gasteiger partial charge < -0.3 is 5.32 Å². The third-order valence-corrected chi connectivity index (χ3v) is 1.70. The normalized spacial score (nSPS) is 13.5. The van der Waals surface area contributed by atoms with Gasteiger partial charge in [-0.2, -0.15) is 0 Å². The maximum absolute atomic E-state index is 10.8. The fourth-order valence-corrected chi connectivity index (χ4v) is 1.22. The van der Waals surface area contributed by atoms with Crippen molar-refractivity contribution in [3.63, 3.8) is 0 Å². The third kappa shape index (κ3) is 6.05. The zero-order chi connectivity index (χ0) is 8.85. The van der Waals surface area contributed by atoms with Gasteiger partial charge in [0, 0.05) is 12.5 Å². The zero-order valence-corrected chi connectivity index (χ0v) is 7.98. The average molecular weight is 157 g/mol. The van der Waals surface area contributed by atoms with Crippen molar-refractivity contribution in [2.75, 3.05) is 7.05 Å². The molecule has 0 aliphatic rings. The van der Waals surface area contributed by atoms with Crippen molar-refractivity contribution >= 4 is 5.78 Å². The van der Waals surface area contributed by atoms with Crippen LogP contribution in [0.15, 0.2) is 0 Å². The van der Waals surface area contributed by atoms with E-state index in [2.05, 4.69) is 19.2 Å². The van der Waals surface area contributed by atoms with Gasteiger partial charge in [0.25, 0.3) is 0 Å². The van der Waals surface area contributed by atoms with Crippen LogP contribution in [0.4, 0.5) is 0 Å². The van der Waals surface area contributed by atoms with E-state index in [0.717, 1.165) is 6.42 Å². The van der Waals surface area contributed by atoms with Crippen LogP contribution in [0.2, 0.25) is 0 Å². The topological polar surface area (TPSA) is 29.1 Å². The number of carbonyl (C=O) groups excluding carboxylic acids is 1. The van der Waals surface area contributed by atoms with Crippen LogP contribution in [0.5, 0.6) is 0 Å². The molecule has 66 valence electrons. The van der Waals surface area contributed by atoms with Crippen LogP contribution in [0.25, 0.3) is 0 Å². The van der Waals surface area contributed by atoms with E-state index in [9.17, 15) is 4.79 Å². The number of hydrogen-bond donors (Lipinski definition) is 1. The molecule has 0 aliphatic heterocycles. The highest BCUT2D eigenvalue weighted by atomic mass is 16.1. The summed E-state index contributed by atoms with van der Waals surface area (Å²) in [4.78, 5) is 10.8. The van der Waals surface area contributed by atoms with Crippen LogP contribution in [-0.2, 0) is 4.79 Å². The summed E-state index contributed by atoms with van der Waals surface area (Å²) in [5.74, 6) is 0.928. The van der Waals surface area contributed by atoms with E-state index in [0.29, 0.717) is 18.4 Å². The van der Waals surface area contributed by atoms with E-state index < -0.39 is 0 Å². The quantitative estimate of drug-likeness (QED) is 0.656. The standard InChI is InChI=1S/C9H19NO/c1-7(2)5-9(10-4)6-8(3)11/h7,9-10H,5-6H2,1-4H3. The summed E-state index contributed by atoms with van der Waals surface area (Å²) in [6, 6.07) is 0.368. The molecule has 0 amide bonds. The van der Waals surface area contributed by atoms with Crippen molar-refractivity contribution < 1.29 is 4.79 Å². The average Bonchev–Trinajstić information content (AvgIpc) is 1.84. The van der Waals surface area contributed by atoms with Gasteiger partial charge in [-0.3, -0.25) is 4.79 Å². The lowest BCUT2D eigenvalue weighted by molar-refractivity contribution is -0.117. The van der Waals surface area contributed by atoms with Gasteiger partial charge in [0.1, 0.15) is 5.78 Å². The Morgan fingerprint density at radius 3 is 2.27 bits per heavy atom. The first-order chi connectivity index (χ1) is 5.06. The van der Waals surface area contributed by atoms with Crippen LogP contribution in [0.1, 0.15) is 33.6 Å². The van der Waals surface area contributed by atoms with Gasteiger partial charge in [-0.15, -0.1) is 0 Å². The Bertz CT molecular complexity index is 121. The number of rotatable bonds is 5. The highest BCUT2D eigenvalue weighted by Gasteiger charge is 2.09. The minimum absolute atomic E-state index is 0.269. The largest absolute Gasteiger partial charge is 0.317 e. The Balaban J connectivity index is 3.66. The molecule has 0 aromatic heterocycles. The molecule has 2 nitrogen and oxygen atoms in total. The maximum atomic E-state index is 10.8. The molecule has 0 bridgehead atoms. The van der Waals surface area contributed by atoms with Crippen molar-refractivity contribution in [1.29, 1.82) is 0 Å². The molecule has 0 fully saturated rings. The SMILES string of the molecule is CNC(CC(C)=O)CC(C)C. The number of carbonyl (C=O) groups is 1. The second-order valence-electron chi connectivity index (χ2n) is 3.52. The predicted octanol–water partition coefficient (Wildman–Crippen LogP) is 1.60. The highest BCUT2D eigenvalue weighted by molar-refractivity contribution is 5.76. The monoisotopic (exact) mass is 157 g/mol. The molecule has 0 aromatic rings. The fraction of sp³-hybridized carbons (Fsp3) is 0.889. The van der Waals surface area contributed by atoms with Gasteiger partial charge in [-0.05, 0) is 26.3 Å². The van der Waals surface area contributed by atoms with Crippen LogP contribution in [-0.4, -0.2) is 18.9 Å². The van der Waals surface area contributed by atoms with Crippen LogP contribution < -0.4 is 5.32 Å². The summed E-state index contributed by atoms with van der Waals surface area (Å²) in [7, 11) is 1.91. The van der Waals surface area contributed by atoms with Gasteiger partial charge in [0.15, 0.2) is 0 Å². The molecule has 0 aliphatic carbocycles. The maximum Gasteiger partial charge on any atom is 0.131 e. The highest BCUT2D eigenvalue weighted by Crippen LogP contribution is 2.07. The van der Waals surface area contributed by atoms with Crippen molar-refractivity contribution in [2.45, 2.75) is 39.7 Å². The van der Waals surface area contributed by atoms with Crippen molar-refractivity contribution in [3.05, 3.63) is 0 Å². The fourth-order valence-electron chi connectivity index (χ4n) is 1.22. The first-order valence-corrected chi connectivity index (χ1v) is 4.23. The van der Waals surface area contributed by atoms with Gasteiger partial charge in [0.05, 0.1) is 0 Å². The molecule has 0 radical (unpaired) electrons. The second-order valence-corrected chi connectivity index (χ2v) is 3.52. The number of hydrogen-bond acceptors (Lipinski definition) is 2. The zero-order valence-electron chi connectivity index (χ0n) is 7.98. The van der Waals surface area contributed by atoms with Crippen LogP contribution in [0, 0.1) is 5.92 Å². The van der Waals surface area contributed by atoms with Crippen molar-refractivity contribution in [1.82, 2.24) is 5.32 Å². The van der Waals surface area contributed by atoms with Crippen LogP contribution >= 0.6 is 0 Å². The number of nitrogens with one attached hydrogen (secondary N) is 1. The van der Waals surface area contributed by atoms with E-state index in [4.69, 9.17) is 0 Å². The Hall–Kier alpha value is -0.370. The molecule has 0 heterocycles. The van der Waals surface area contributed by atoms with Crippen molar-refractivity contribution in [3.8, 4) is 0 Å². The molecule has 1 atom stereocenters. The summed E-state index contributed by atoms with van der Waals surface area (Å²) in [6.45, 7) is 5.99. The third-order valence-electron chi connectivity index (χ3n) is 1.70. The first-order valence-electron chi connectivity index (χ1n) is 4.23. The Morgan fingerprint density at radius 1 is 1.45 bits per heavy atom. The molecule has 2 heteroatoms. The van der Waals surface area contributed by atoms with E-state index in [1.54, 1.807) is 6.92 Å². The molecule has 1 N–H and O–H groups in total. The lowest BCUT2D eigenvalue weighted by atomic mass is 10.00. The summed E-state index contributed by atoms with van der Waals surface area (Å²) in [6.07, 6.45) is 1.74. The Labute approximate surface area is 69.4 Å². The molecule has 11 heavy (non-hydrogen) atoms. The minimum Gasteiger partial charge on any atom is -0.317 e. The van der Waals surface area contributed by atoms with E-state index >= 15 is 0 Å². The van der Waals surface area contributed by atoms with Crippen LogP contribution in [0.3, 0.4) is 0 Å². The van der Waals surface area contributed by atoms with Gasteiger partial charge >= 0.3 is 0 Å². The summed E-state index contributed by atoms with van der Waals surface area (Å²) in [5.41, 5.74) is 0. The van der Waals surface area contributed by atoms with E-state index in [-0.39, 0.29) is 5.78 Å². The summed E-state index contributed by atoms with van der Waals surface area (Å²) >= 11 is 0. The van der Waals surface area contributed by atoms with Crippen molar-refractivity contribution in [2.24, 2.45) is 5.92 Å². The number of Topliss-reactive ketones (excluding diaryl/α,β-unsaturated/α-hetero) is 1. The molecule has 1 unspecified atom stereocenters. The van der Waals surface area contributed by atoms with Gasteiger partial charge in [-0.25, -0.2) is 0 Å². The molecular formula is C9H19NO. The summed E-state index contributed by atoms with van der Waals surface area (Å²) < 4.78 is 0. The molecular weight excluding hydrogens is 138 g/mol. The van der Waals surface area contributed by atoms with Gasteiger partial charge in [-0.1, -0.05) is 13.8 Å². The molecule has 0 saturated heterocycles. The van der Waals surface area contributed by atoms with E-state index in [1.165, 1.54) is 0 Å². The first kappa shape index (κ1) is 10.6. The Morgan fingerprint density at radius 2 is 2.00 bits per heavy atom. The molecule has 0 saturated carbocycles. The Kier molecular flexibility index (Phi) is 5.12. The predicted molar refractivity (Wildman–Crippen MR) is 47.6 cm³/mol. The second kappa shape index (κ2) is 5.30. The lowest BCUT2D eigenvalue weighted by Crippen LogP contribution is -2.28. The molecule has 0 rings (SSSR count). The molecule has 0 spiro atoms. The molecule has 0 aromatic carbocycles. The number of ketones is 1. The summed E-state index contributed by atoms with van der Waals surface area (Å²) in [5, 5.41) is 3.14. The van der Waals surface area contributed by atoms with Gasteiger partial charge in [0.2, 0.25) is 0 Å². The smallest absolute Gasteiger partial charge is 0.131 e.